The molecule has 3 fully saturated rings. The first-order chi connectivity index (χ1) is 10.2. The largest absolute Gasteiger partial charge is 0.329 e. The minimum atomic E-state index is 0.330. The van der Waals surface area contributed by atoms with E-state index in [1.54, 1.807) is 0 Å². The van der Waals surface area contributed by atoms with Gasteiger partial charge in [-0.25, -0.2) is 0 Å². The number of nitrogens with zero attached hydrogens (tertiary/aromatic N) is 2. The molecule has 1 aliphatic carbocycles. The van der Waals surface area contributed by atoms with Gasteiger partial charge in [-0.2, -0.15) is 0 Å². The Morgan fingerprint density at radius 1 is 0.952 bits per heavy atom. The maximum absolute atomic E-state index is 6.28. The Kier molecular flexibility index (Phi) is 5.23. The van der Waals surface area contributed by atoms with Crippen LogP contribution in [-0.4, -0.2) is 54.6 Å². The van der Waals surface area contributed by atoms with Crippen LogP contribution in [0.15, 0.2) is 0 Å². The van der Waals surface area contributed by atoms with Crippen molar-refractivity contribution in [1.29, 1.82) is 0 Å². The standard InChI is InChI=1S/C18H35N3/c1-16-6-2-3-9-18(16,15-19)21-12-7-17(8-13-21)14-20-10-4-5-11-20/h16-17H,2-15,19H2,1H3. The Labute approximate surface area is 131 Å². The van der Waals surface area contributed by atoms with Crippen LogP contribution in [0.3, 0.4) is 0 Å². The summed E-state index contributed by atoms with van der Waals surface area (Å²) in [4.78, 5) is 5.49. The van der Waals surface area contributed by atoms with Crippen molar-refractivity contribution in [2.75, 3.05) is 39.3 Å². The summed E-state index contributed by atoms with van der Waals surface area (Å²) in [7, 11) is 0. The van der Waals surface area contributed by atoms with E-state index in [1.807, 2.05) is 0 Å². The van der Waals surface area contributed by atoms with Crippen molar-refractivity contribution in [3.63, 3.8) is 0 Å². The van der Waals surface area contributed by atoms with Crippen molar-refractivity contribution in [2.45, 2.75) is 63.8 Å². The average molecular weight is 293 g/mol. The zero-order valence-electron chi connectivity index (χ0n) is 14.0. The highest BCUT2D eigenvalue weighted by Crippen LogP contribution is 2.39. The Balaban J connectivity index is 1.54. The van der Waals surface area contributed by atoms with Crippen LogP contribution >= 0.6 is 0 Å². The third kappa shape index (κ3) is 3.30. The van der Waals surface area contributed by atoms with Crippen molar-refractivity contribution in [3.05, 3.63) is 0 Å². The molecular formula is C18H35N3. The van der Waals surface area contributed by atoms with E-state index in [0.29, 0.717) is 5.54 Å². The lowest BCUT2D eigenvalue weighted by Gasteiger charge is -2.52. The van der Waals surface area contributed by atoms with Gasteiger partial charge in [0.05, 0.1) is 0 Å². The molecule has 0 bridgehead atoms. The molecule has 2 heterocycles. The quantitative estimate of drug-likeness (QED) is 0.865. The maximum Gasteiger partial charge on any atom is 0.0357 e. The van der Waals surface area contributed by atoms with E-state index < -0.39 is 0 Å². The van der Waals surface area contributed by atoms with E-state index in [1.165, 1.54) is 84.1 Å². The van der Waals surface area contributed by atoms with Gasteiger partial charge in [-0.05, 0) is 76.5 Å². The maximum atomic E-state index is 6.28. The van der Waals surface area contributed by atoms with Gasteiger partial charge < -0.3 is 10.6 Å². The van der Waals surface area contributed by atoms with Crippen LogP contribution in [-0.2, 0) is 0 Å². The third-order valence-electron chi connectivity index (χ3n) is 6.73. The highest BCUT2D eigenvalue weighted by Gasteiger charge is 2.43. The summed E-state index contributed by atoms with van der Waals surface area (Å²) in [6, 6.07) is 0. The molecule has 0 radical (unpaired) electrons. The highest BCUT2D eigenvalue weighted by atomic mass is 15.2. The van der Waals surface area contributed by atoms with Crippen molar-refractivity contribution in [3.8, 4) is 0 Å². The predicted molar refractivity (Wildman–Crippen MR) is 89.4 cm³/mol. The van der Waals surface area contributed by atoms with Crippen LogP contribution in [0.25, 0.3) is 0 Å². The van der Waals surface area contributed by atoms with Crippen LogP contribution in [0, 0.1) is 11.8 Å². The van der Waals surface area contributed by atoms with Crippen molar-refractivity contribution in [1.82, 2.24) is 9.80 Å². The SMILES string of the molecule is CC1CCCCC1(CN)N1CCC(CN2CCCC2)CC1. The van der Waals surface area contributed by atoms with Crippen molar-refractivity contribution in [2.24, 2.45) is 17.6 Å². The molecule has 2 atom stereocenters. The lowest BCUT2D eigenvalue weighted by Crippen LogP contribution is -2.61. The van der Waals surface area contributed by atoms with Crippen LogP contribution in [0.4, 0.5) is 0 Å². The first-order valence-electron chi connectivity index (χ1n) is 9.42. The molecule has 3 nitrogen and oxygen atoms in total. The smallest absolute Gasteiger partial charge is 0.0357 e. The van der Waals surface area contributed by atoms with Gasteiger partial charge in [-0.15, -0.1) is 0 Å². The summed E-state index contributed by atoms with van der Waals surface area (Å²) in [5, 5.41) is 0. The molecule has 0 aromatic heterocycles. The zero-order valence-corrected chi connectivity index (χ0v) is 14.0. The molecule has 122 valence electrons. The van der Waals surface area contributed by atoms with Gasteiger partial charge in [-0.1, -0.05) is 19.8 Å². The minimum absolute atomic E-state index is 0.330. The number of rotatable bonds is 4. The summed E-state index contributed by atoms with van der Waals surface area (Å²) in [6.07, 6.45) is 11.1. The number of nitrogens with two attached hydrogens (primary N) is 1. The van der Waals surface area contributed by atoms with E-state index in [-0.39, 0.29) is 0 Å². The van der Waals surface area contributed by atoms with Gasteiger partial charge in [-0.3, -0.25) is 4.90 Å². The Hall–Kier alpha value is -0.120. The van der Waals surface area contributed by atoms with Gasteiger partial charge in [0, 0.05) is 18.6 Å². The molecule has 0 amide bonds. The molecule has 0 spiro atoms. The van der Waals surface area contributed by atoms with Gasteiger partial charge in [0.2, 0.25) is 0 Å². The van der Waals surface area contributed by atoms with E-state index >= 15 is 0 Å². The molecule has 2 unspecified atom stereocenters. The molecule has 0 aromatic carbocycles. The second-order valence-corrected chi connectivity index (χ2v) is 7.89. The first-order valence-corrected chi connectivity index (χ1v) is 9.42. The number of likely N-dealkylation sites (tertiary alicyclic amines) is 2. The summed E-state index contributed by atoms with van der Waals surface area (Å²) in [5.41, 5.74) is 6.61. The third-order valence-corrected chi connectivity index (χ3v) is 6.73. The molecule has 0 aromatic rings. The molecule has 2 saturated heterocycles. The van der Waals surface area contributed by atoms with Gasteiger partial charge >= 0.3 is 0 Å². The topological polar surface area (TPSA) is 32.5 Å². The second-order valence-electron chi connectivity index (χ2n) is 7.89. The Morgan fingerprint density at radius 2 is 1.67 bits per heavy atom. The van der Waals surface area contributed by atoms with Gasteiger partial charge in [0.1, 0.15) is 0 Å². The van der Waals surface area contributed by atoms with E-state index in [9.17, 15) is 0 Å². The van der Waals surface area contributed by atoms with Crippen molar-refractivity contribution >= 4 is 0 Å². The van der Waals surface area contributed by atoms with Crippen molar-refractivity contribution < 1.29 is 0 Å². The molecule has 3 aliphatic rings. The van der Waals surface area contributed by atoms with Crippen LogP contribution < -0.4 is 5.73 Å². The molecule has 1 saturated carbocycles. The number of hydrogen-bond donors (Lipinski definition) is 1. The fraction of sp³-hybridized carbons (Fsp3) is 1.00. The Bertz CT molecular complexity index is 318. The van der Waals surface area contributed by atoms with E-state index in [0.717, 1.165) is 18.4 Å². The molecular weight excluding hydrogens is 258 g/mol. The summed E-state index contributed by atoms with van der Waals surface area (Å²) in [5.74, 6) is 1.72. The predicted octanol–water partition coefficient (Wildman–Crippen LogP) is 2.70. The molecule has 3 rings (SSSR count). The first kappa shape index (κ1) is 15.8. The molecule has 3 heteroatoms. The fourth-order valence-electron chi connectivity index (χ4n) is 5.19. The zero-order chi connectivity index (χ0) is 14.7. The molecule has 2 aliphatic heterocycles. The van der Waals surface area contributed by atoms with Crippen LogP contribution in [0.2, 0.25) is 0 Å². The summed E-state index contributed by atoms with van der Waals surface area (Å²) >= 11 is 0. The molecule has 21 heavy (non-hydrogen) atoms. The lowest BCUT2D eigenvalue weighted by molar-refractivity contribution is -0.0125. The normalized spacial score (nSPS) is 37.1. The number of piperidine rings is 1. The summed E-state index contributed by atoms with van der Waals surface area (Å²) < 4.78 is 0. The van der Waals surface area contributed by atoms with E-state index in [2.05, 4.69) is 16.7 Å². The van der Waals surface area contributed by atoms with Crippen LogP contribution in [0.1, 0.15) is 58.3 Å². The minimum Gasteiger partial charge on any atom is -0.329 e. The van der Waals surface area contributed by atoms with Crippen LogP contribution in [0.5, 0.6) is 0 Å². The second kappa shape index (κ2) is 6.97. The molecule has 2 N–H and O–H groups in total. The van der Waals surface area contributed by atoms with E-state index in [4.69, 9.17) is 5.73 Å². The van der Waals surface area contributed by atoms with Gasteiger partial charge in [0.25, 0.3) is 0 Å². The lowest BCUT2D eigenvalue weighted by atomic mass is 9.71. The number of hydrogen-bond acceptors (Lipinski definition) is 3. The monoisotopic (exact) mass is 293 g/mol. The average Bonchev–Trinajstić information content (AvgIpc) is 3.02. The highest BCUT2D eigenvalue weighted by molar-refractivity contribution is 4.99. The fourth-order valence-corrected chi connectivity index (χ4v) is 5.19. The Morgan fingerprint density at radius 3 is 2.29 bits per heavy atom. The summed E-state index contributed by atoms with van der Waals surface area (Å²) in [6.45, 7) is 9.96. The van der Waals surface area contributed by atoms with Gasteiger partial charge in [0.15, 0.2) is 0 Å².